The molecule has 0 aliphatic carbocycles. The summed E-state index contributed by atoms with van der Waals surface area (Å²) in [4.78, 5) is 30.6. The first-order valence-corrected chi connectivity index (χ1v) is 12.7. The molecule has 0 bridgehead atoms. The Morgan fingerprint density at radius 2 is 1.39 bits per heavy atom. The van der Waals surface area contributed by atoms with Crippen molar-refractivity contribution in [1.82, 2.24) is 19.0 Å². The summed E-state index contributed by atoms with van der Waals surface area (Å²) in [5.41, 5.74) is 0.528. The quantitative estimate of drug-likeness (QED) is 0.692. The molecule has 1 aromatic rings. The van der Waals surface area contributed by atoms with Gasteiger partial charge < -0.3 is 14.7 Å². The number of carbonyl (C=O) groups is 2. The van der Waals surface area contributed by atoms with Crippen LogP contribution in [0.25, 0.3) is 0 Å². The minimum Gasteiger partial charge on any atom is -0.340 e. The van der Waals surface area contributed by atoms with Crippen molar-refractivity contribution in [3.05, 3.63) is 29.8 Å². The zero-order valence-electron chi connectivity index (χ0n) is 18.2. The molecule has 4 rings (SSSR count). The molecule has 0 unspecified atom stereocenters. The van der Waals surface area contributed by atoms with E-state index in [1.807, 2.05) is 4.90 Å². The highest BCUT2D eigenvalue weighted by Crippen LogP contribution is 2.23. The second kappa shape index (κ2) is 9.26. The molecule has 3 fully saturated rings. The van der Waals surface area contributed by atoms with Crippen LogP contribution in [0.4, 0.5) is 0 Å². The van der Waals surface area contributed by atoms with Crippen molar-refractivity contribution in [3.63, 3.8) is 0 Å². The Kier molecular flexibility index (Phi) is 6.64. The molecule has 0 saturated carbocycles. The van der Waals surface area contributed by atoms with Crippen molar-refractivity contribution in [2.75, 3.05) is 52.4 Å². The largest absolute Gasteiger partial charge is 0.340 e. The fraction of sp³-hybridized carbons (Fsp3) is 0.636. The molecule has 3 heterocycles. The first kappa shape index (κ1) is 22.2. The summed E-state index contributed by atoms with van der Waals surface area (Å²) in [6, 6.07) is 6.87. The summed E-state index contributed by atoms with van der Waals surface area (Å²) in [7, 11) is -3.63. The predicted octanol–water partition coefficient (Wildman–Crippen LogP) is 1.24. The summed E-state index contributed by atoms with van der Waals surface area (Å²) in [5.74, 6) is -0.0664. The lowest BCUT2D eigenvalue weighted by Crippen LogP contribution is -2.49. The molecule has 0 spiro atoms. The van der Waals surface area contributed by atoms with Crippen LogP contribution >= 0.6 is 0 Å². The van der Waals surface area contributed by atoms with Crippen molar-refractivity contribution >= 4 is 21.8 Å². The van der Waals surface area contributed by atoms with Gasteiger partial charge in [-0.15, -0.1) is 0 Å². The first-order chi connectivity index (χ1) is 14.9. The Hall–Kier alpha value is -1.97. The van der Waals surface area contributed by atoms with E-state index in [-0.39, 0.29) is 29.8 Å². The van der Waals surface area contributed by atoms with E-state index in [1.165, 1.54) is 49.3 Å². The van der Waals surface area contributed by atoms with Gasteiger partial charge in [-0.05, 0) is 63.0 Å². The molecule has 1 aromatic carbocycles. The Labute approximate surface area is 184 Å². The highest BCUT2D eigenvalue weighted by molar-refractivity contribution is 7.89. The van der Waals surface area contributed by atoms with E-state index in [0.29, 0.717) is 24.7 Å². The van der Waals surface area contributed by atoms with Crippen LogP contribution < -0.4 is 0 Å². The molecule has 170 valence electrons. The number of likely N-dealkylation sites (tertiary alicyclic amines) is 2. The smallest absolute Gasteiger partial charge is 0.253 e. The predicted molar refractivity (Wildman–Crippen MR) is 117 cm³/mol. The normalized spacial score (nSPS) is 22.1. The fourth-order valence-corrected chi connectivity index (χ4v) is 6.31. The Bertz CT molecular complexity index is 896. The monoisotopic (exact) mass is 448 g/mol. The molecule has 3 aliphatic heterocycles. The molecule has 31 heavy (non-hydrogen) atoms. The van der Waals surface area contributed by atoms with Crippen molar-refractivity contribution in [3.8, 4) is 0 Å². The van der Waals surface area contributed by atoms with E-state index >= 15 is 0 Å². The average molecular weight is 449 g/mol. The number of hydrogen-bond donors (Lipinski definition) is 0. The van der Waals surface area contributed by atoms with E-state index in [2.05, 4.69) is 4.90 Å². The third kappa shape index (κ3) is 4.78. The Morgan fingerprint density at radius 1 is 0.806 bits per heavy atom. The van der Waals surface area contributed by atoms with Gasteiger partial charge in [-0.1, -0.05) is 0 Å². The molecule has 3 aliphatic rings. The number of nitrogens with zero attached hydrogens (tertiary/aromatic N) is 4. The van der Waals surface area contributed by atoms with Crippen molar-refractivity contribution in [2.45, 2.75) is 43.5 Å². The molecule has 0 N–H and O–H groups in total. The maximum atomic E-state index is 12.9. The standard InChI is InChI=1S/C22H32N4O4S/c1-18(27)23-14-16-26(17-15-23)31(29,30)21-6-4-19(5-7-21)22(28)25-12-8-20(9-13-25)24-10-2-3-11-24/h4-7,20H,2-3,8-17H2,1H3. The van der Waals surface area contributed by atoms with Gasteiger partial charge in [0.25, 0.3) is 5.91 Å². The summed E-state index contributed by atoms with van der Waals surface area (Å²) >= 11 is 0. The molecule has 3 saturated heterocycles. The second-order valence-corrected chi connectivity index (χ2v) is 10.6. The lowest BCUT2D eigenvalue weighted by atomic mass is 10.0. The van der Waals surface area contributed by atoms with Crippen molar-refractivity contribution in [2.24, 2.45) is 0 Å². The molecule has 2 amide bonds. The third-order valence-electron chi connectivity index (χ3n) is 6.83. The molecule has 0 atom stereocenters. The van der Waals surface area contributed by atoms with Gasteiger partial charge in [0.05, 0.1) is 4.90 Å². The first-order valence-electron chi connectivity index (χ1n) is 11.3. The zero-order chi connectivity index (χ0) is 22.0. The Balaban J connectivity index is 1.35. The average Bonchev–Trinajstić information content (AvgIpc) is 3.34. The van der Waals surface area contributed by atoms with E-state index < -0.39 is 10.0 Å². The summed E-state index contributed by atoms with van der Waals surface area (Å²) in [6.45, 7) is 6.73. The molecule has 8 nitrogen and oxygen atoms in total. The van der Waals surface area contributed by atoms with Crippen LogP contribution in [0.2, 0.25) is 0 Å². The van der Waals surface area contributed by atoms with Crippen LogP contribution in [0, 0.1) is 0 Å². The van der Waals surface area contributed by atoms with Crippen LogP contribution in [0.3, 0.4) is 0 Å². The van der Waals surface area contributed by atoms with Crippen LogP contribution in [-0.2, 0) is 14.8 Å². The number of piperidine rings is 1. The zero-order valence-corrected chi connectivity index (χ0v) is 19.0. The lowest BCUT2D eigenvalue weighted by Gasteiger charge is -2.36. The van der Waals surface area contributed by atoms with Crippen LogP contribution in [0.15, 0.2) is 29.2 Å². The minimum absolute atomic E-state index is 0.0288. The van der Waals surface area contributed by atoms with Gasteiger partial charge >= 0.3 is 0 Å². The fourth-order valence-electron chi connectivity index (χ4n) is 4.89. The van der Waals surface area contributed by atoms with Crippen molar-refractivity contribution < 1.29 is 18.0 Å². The molecule has 0 radical (unpaired) electrons. The third-order valence-corrected chi connectivity index (χ3v) is 8.74. The summed E-state index contributed by atoms with van der Waals surface area (Å²) in [5, 5.41) is 0. The SMILES string of the molecule is CC(=O)N1CCN(S(=O)(=O)c2ccc(C(=O)N3CCC(N4CCCC4)CC3)cc2)CC1. The second-order valence-electron chi connectivity index (χ2n) is 8.70. The van der Waals surface area contributed by atoms with Gasteiger partial charge in [-0.25, -0.2) is 8.42 Å². The topological polar surface area (TPSA) is 81.2 Å². The van der Waals surface area contributed by atoms with Gasteiger partial charge in [0, 0.05) is 57.8 Å². The number of rotatable bonds is 4. The highest BCUT2D eigenvalue weighted by atomic mass is 32.2. The maximum Gasteiger partial charge on any atom is 0.253 e. The molecular formula is C22H32N4O4S. The van der Waals surface area contributed by atoms with Crippen LogP contribution in [-0.4, -0.2) is 97.6 Å². The van der Waals surface area contributed by atoms with Gasteiger partial charge in [-0.2, -0.15) is 4.31 Å². The molecular weight excluding hydrogens is 416 g/mol. The summed E-state index contributed by atoms with van der Waals surface area (Å²) < 4.78 is 27.3. The maximum absolute atomic E-state index is 12.9. The molecule has 9 heteroatoms. The number of piperazine rings is 1. The number of hydrogen-bond acceptors (Lipinski definition) is 5. The number of sulfonamides is 1. The van der Waals surface area contributed by atoms with Crippen LogP contribution in [0.1, 0.15) is 43.0 Å². The Morgan fingerprint density at radius 3 is 1.94 bits per heavy atom. The van der Waals surface area contributed by atoms with E-state index in [9.17, 15) is 18.0 Å². The minimum atomic E-state index is -3.63. The van der Waals surface area contributed by atoms with E-state index in [4.69, 9.17) is 0 Å². The lowest BCUT2D eigenvalue weighted by molar-refractivity contribution is -0.129. The van der Waals surface area contributed by atoms with Crippen molar-refractivity contribution in [1.29, 1.82) is 0 Å². The highest BCUT2D eigenvalue weighted by Gasteiger charge is 2.31. The van der Waals surface area contributed by atoms with Gasteiger partial charge in [0.15, 0.2) is 0 Å². The van der Waals surface area contributed by atoms with Crippen LogP contribution in [0.5, 0.6) is 0 Å². The van der Waals surface area contributed by atoms with E-state index in [1.54, 1.807) is 17.0 Å². The number of carbonyl (C=O) groups excluding carboxylic acids is 2. The molecule has 0 aromatic heterocycles. The van der Waals surface area contributed by atoms with Gasteiger partial charge in [-0.3, -0.25) is 9.59 Å². The number of benzene rings is 1. The number of amides is 2. The summed E-state index contributed by atoms with van der Waals surface area (Å²) in [6.07, 6.45) is 4.57. The van der Waals surface area contributed by atoms with Gasteiger partial charge in [0.1, 0.15) is 0 Å². The van der Waals surface area contributed by atoms with Gasteiger partial charge in [0.2, 0.25) is 15.9 Å². The van der Waals surface area contributed by atoms with E-state index in [0.717, 1.165) is 25.9 Å².